The first kappa shape index (κ1) is 17.9. The highest BCUT2D eigenvalue weighted by atomic mass is 15.0. The number of rotatable bonds is 1. The zero-order chi connectivity index (χ0) is 19.4. The smallest absolute Gasteiger partial charge is 0.0544 e. The first-order chi connectivity index (χ1) is 12.7. The highest BCUT2D eigenvalue weighted by Gasteiger charge is 2.23. The van der Waals surface area contributed by atoms with Crippen molar-refractivity contribution >= 4 is 21.8 Å². The quantitative estimate of drug-likeness (QED) is 0.336. The van der Waals surface area contributed by atoms with Crippen molar-refractivity contribution in [3.05, 3.63) is 77.9 Å². The van der Waals surface area contributed by atoms with Gasteiger partial charge in [0.2, 0.25) is 0 Å². The van der Waals surface area contributed by atoms with Crippen LogP contribution in [0.5, 0.6) is 0 Å². The largest absolute Gasteiger partial charge is 0.309 e. The summed E-state index contributed by atoms with van der Waals surface area (Å²) in [5, 5.41) is 2.74. The van der Waals surface area contributed by atoms with E-state index in [1.54, 1.807) is 0 Å². The summed E-state index contributed by atoms with van der Waals surface area (Å²) in [4.78, 5) is 0. The number of benzene rings is 3. The molecule has 0 radical (unpaired) electrons. The van der Waals surface area contributed by atoms with Gasteiger partial charge in [0, 0.05) is 16.5 Å². The molecule has 0 bridgehead atoms. The molecule has 0 unspecified atom stereocenters. The zero-order valence-electron chi connectivity index (χ0n) is 17.3. The molecule has 0 aliphatic rings. The van der Waals surface area contributed by atoms with E-state index in [1.807, 2.05) is 0 Å². The lowest BCUT2D eigenvalue weighted by atomic mass is 9.83. The van der Waals surface area contributed by atoms with Crippen molar-refractivity contribution in [1.82, 2.24) is 4.57 Å². The van der Waals surface area contributed by atoms with Crippen LogP contribution in [0.2, 0.25) is 0 Å². The van der Waals surface area contributed by atoms with Crippen molar-refractivity contribution < 1.29 is 0 Å². The van der Waals surface area contributed by atoms with E-state index in [0.717, 1.165) is 0 Å². The third-order valence-electron chi connectivity index (χ3n) is 5.48. The van der Waals surface area contributed by atoms with Gasteiger partial charge >= 0.3 is 0 Å². The average Bonchev–Trinajstić information content (AvgIpc) is 2.94. The van der Waals surface area contributed by atoms with Gasteiger partial charge in [-0.25, -0.2) is 0 Å². The molecular formula is C26H29N. The van der Waals surface area contributed by atoms with Crippen LogP contribution in [-0.2, 0) is 10.8 Å². The number of nitrogens with zero attached hydrogens (tertiary/aromatic N) is 1. The fourth-order valence-corrected chi connectivity index (χ4v) is 4.02. The Morgan fingerprint density at radius 2 is 1.33 bits per heavy atom. The van der Waals surface area contributed by atoms with Crippen molar-refractivity contribution in [2.24, 2.45) is 0 Å². The lowest BCUT2D eigenvalue weighted by molar-refractivity contribution is 0.591. The predicted molar refractivity (Wildman–Crippen MR) is 118 cm³/mol. The molecule has 0 aliphatic carbocycles. The van der Waals surface area contributed by atoms with Gasteiger partial charge in [-0.15, -0.1) is 0 Å². The second kappa shape index (κ2) is 5.99. The standard InChI is InChI=1S/C26H29N/c1-25(2,3)18-15-16-22-20(17-18)24-21(26(4,5)6)13-10-14-23(24)27(22)19-11-8-7-9-12-19/h7-17H,1-6H3. The second-order valence-corrected chi connectivity index (χ2v) is 9.60. The molecule has 138 valence electrons. The van der Waals surface area contributed by atoms with Gasteiger partial charge in [0.25, 0.3) is 0 Å². The predicted octanol–water partition coefficient (Wildman–Crippen LogP) is 7.38. The second-order valence-electron chi connectivity index (χ2n) is 9.60. The maximum atomic E-state index is 2.41. The fraction of sp³-hybridized carbons (Fsp3) is 0.308. The van der Waals surface area contributed by atoms with Crippen LogP contribution in [0.15, 0.2) is 66.7 Å². The SMILES string of the molecule is CC(C)(C)c1ccc2c(c1)c1c(C(C)(C)C)cccc1n2-c1ccccc1. The van der Waals surface area contributed by atoms with Crippen LogP contribution < -0.4 is 0 Å². The summed E-state index contributed by atoms with van der Waals surface area (Å²) in [6, 6.07) is 24.4. The summed E-state index contributed by atoms with van der Waals surface area (Å²) in [6.07, 6.45) is 0. The summed E-state index contributed by atoms with van der Waals surface area (Å²) in [5.74, 6) is 0. The summed E-state index contributed by atoms with van der Waals surface area (Å²) >= 11 is 0. The van der Waals surface area contributed by atoms with Crippen molar-refractivity contribution in [2.75, 3.05) is 0 Å². The van der Waals surface area contributed by atoms with E-state index < -0.39 is 0 Å². The van der Waals surface area contributed by atoms with E-state index >= 15 is 0 Å². The third kappa shape index (κ3) is 2.96. The van der Waals surface area contributed by atoms with E-state index in [4.69, 9.17) is 0 Å². The Morgan fingerprint density at radius 3 is 1.96 bits per heavy atom. The van der Waals surface area contributed by atoms with E-state index in [0.29, 0.717) is 0 Å². The van der Waals surface area contributed by atoms with Gasteiger partial charge in [-0.3, -0.25) is 0 Å². The fourth-order valence-electron chi connectivity index (χ4n) is 4.02. The lowest BCUT2D eigenvalue weighted by Gasteiger charge is -2.21. The number of aromatic nitrogens is 1. The summed E-state index contributed by atoms with van der Waals surface area (Å²) < 4.78 is 2.41. The maximum Gasteiger partial charge on any atom is 0.0544 e. The maximum absolute atomic E-state index is 2.41. The van der Waals surface area contributed by atoms with Crippen molar-refractivity contribution in [3.63, 3.8) is 0 Å². The van der Waals surface area contributed by atoms with Crippen LogP contribution in [0.25, 0.3) is 27.5 Å². The molecule has 0 atom stereocenters. The molecule has 1 aromatic heterocycles. The molecule has 0 saturated heterocycles. The first-order valence-corrected chi connectivity index (χ1v) is 9.81. The van der Waals surface area contributed by atoms with Crippen LogP contribution in [0.4, 0.5) is 0 Å². The summed E-state index contributed by atoms with van der Waals surface area (Å²) in [6.45, 7) is 13.8. The molecule has 0 N–H and O–H groups in total. The highest BCUT2D eigenvalue weighted by Crippen LogP contribution is 2.40. The zero-order valence-corrected chi connectivity index (χ0v) is 17.3. The highest BCUT2D eigenvalue weighted by molar-refractivity contribution is 6.11. The van der Waals surface area contributed by atoms with Gasteiger partial charge < -0.3 is 4.57 Å². The molecule has 4 aromatic rings. The van der Waals surface area contributed by atoms with E-state index in [1.165, 1.54) is 38.6 Å². The average molecular weight is 356 g/mol. The van der Waals surface area contributed by atoms with E-state index in [2.05, 4.69) is 113 Å². The molecule has 0 spiro atoms. The van der Waals surface area contributed by atoms with Crippen LogP contribution in [0, 0.1) is 0 Å². The Labute approximate surface area is 162 Å². The minimum atomic E-state index is 0.0903. The van der Waals surface area contributed by atoms with Crippen molar-refractivity contribution in [3.8, 4) is 5.69 Å². The van der Waals surface area contributed by atoms with Gasteiger partial charge in [0.05, 0.1) is 11.0 Å². The summed E-state index contributed by atoms with van der Waals surface area (Å²) in [7, 11) is 0. The normalized spacial score (nSPS) is 12.8. The molecule has 0 fully saturated rings. The van der Waals surface area contributed by atoms with E-state index in [-0.39, 0.29) is 10.8 Å². The molecule has 27 heavy (non-hydrogen) atoms. The van der Waals surface area contributed by atoms with E-state index in [9.17, 15) is 0 Å². The molecule has 1 nitrogen and oxygen atoms in total. The van der Waals surface area contributed by atoms with Gasteiger partial charge in [0.15, 0.2) is 0 Å². The number of hydrogen-bond acceptors (Lipinski definition) is 0. The Morgan fingerprint density at radius 1 is 0.630 bits per heavy atom. The molecule has 4 rings (SSSR count). The Hall–Kier alpha value is -2.54. The molecule has 0 amide bonds. The number of para-hydroxylation sites is 1. The van der Waals surface area contributed by atoms with Crippen LogP contribution >= 0.6 is 0 Å². The van der Waals surface area contributed by atoms with Crippen LogP contribution in [0.1, 0.15) is 52.7 Å². The Balaban J connectivity index is 2.21. The van der Waals surface area contributed by atoms with Crippen LogP contribution in [0.3, 0.4) is 0 Å². The van der Waals surface area contributed by atoms with Gasteiger partial charge in [-0.1, -0.05) is 77.9 Å². The van der Waals surface area contributed by atoms with Crippen molar-refractivity contribution in [1.29, 1.82) is 0 Å². The van der Waals surface area contributed by atoms with Gasteiger partial charge in [-0.2, -0.15) is 0 Å². The van der Waals surface area contributed by atoms with Gasteiger partial charge in [-0.05, 0) is 52.3 Å². The number of fused-ring (bicyclic) bond motifs is 3. The third-order valence-corrected chi connectivity index (χ3v) is 5.48. The molecular weight excluding hydrogens is 326 g/mol. The molecule has 1 heteroatoms. The van der Waals surface area contributed by atoms with Crippen molar-refractivity contribution in [2.45, 2.75) is 52.4 Å². The molecule has 0 saturated carbocycles. The van der Waals surface area contributed by atoms with Crippen LogP contribution in [-0.4, -0.2) is 4.57 Å². The Bertz CT molecular complexity index is 1120. The number of hydrogen-bond donors (Lipinski definition) is 0. The first-order valence-electron chi connectivity index (χ1n) is 9.81. The van der Waals surface area contributed by atoms with Gasteiger partial charge in [0.1, 0.15) is 0 Å². The summed E-state index contributed by atoms with van der Waals surface area (Å²) in [5.41, 5.74) is 6.79. The molecule has 3 aromatic carbocycles. The topological polar surface area (TPSA) is 4.93 Å². The lowest BCUT2D eigenvalue weighted by Crippen LogP contribution is -2.12. The monoisotopic (exact) mass is 355 g/mol. The minimum Gasteiger partial charge on any atom is -0.309 e. The molecule has 0 aliphatic heterocycles. The Kier molecular flexibility index (Phi) is 3.96. The molecule has 1 heterocycles. The minimum absolute atomic E-state index is 0.0903.